The van der Waals surface area contributed by atoms with Crippen LogP contribution in [0.25, 0.3) is 6.08 Å². The van der Waals surface area contributed by atoms with Crippen molar-refractivity contribution in [3.05, 3.63) is 42.0 Å². The fourth-order valence-corrected chi connectivity index (χ4v) is 2.55. The molecule has 0 spiro atoms. The van der Waals surface area contributed by atoms with Crippen LogP contribution < -0.4 is 5.32 Å². The molecule has 0 radical (unpaired) electrons. The van der Waals surface area contributed by atoms with Crippen molar-refractivity contribution >= 4 is 12.0 Å². The summed E-state index contributed by atoms with van der Waals surface area (Å²) in [6.07, 6.45) is 11.1. The average Bonchev–Trinajstić information content (AvgIpc) is 2.53. The maximum absolute atomic E-state index is 12.1. The van der Waals surface area contributed by atoms with Crippen LogP contribution in [0.4, 0.5) is 0 Å². The SMILES string of the molecule is C#CCN1CCC(C(=O)NC/C=C/c2ccccc2)CC1. The van der Waals surface area contributed by atoms with E-state index in [4.69, 9.17) is 6.42 Å². The molecule has 1 N–H and O–H groups in total. The highest BCUT2D eigenvalue weighted by Gasteiger charge is 2.23. The number of hydrogen-bond donors (Lipinski definition) is 1. The number of piperidine rings is 1. The molecule has 1 heterocycles. The highest BCUT2D eigenvalue weighted by molar-refractivity contribution is 5.79. The van der Waals surface area contributed by atoms with Crippen molar-refractivity contribution in [3.63, 3.8) is 0 Å². The Hall–Kier alpha value is -2.05. The molecule has 1 aliphatic rings. The first kappa shape index (κ1) is 15.3. The van der Waals surface area contributed by atoms with Crippen LogP contribution in [0.5, 0.6) is 0 Å². The molecular weight excluding hydrogens is 260 g/mol. The lowest BCUT2D eigenvalue weighted by Gasteiger charge is -2.29. The van der Waals surface area contributed by atoms with Gasteiger partial charge in [0.2, 0.25) is 5.91 Å². The number of nitrogens with one attached hydrogen (secondary N) is 1. The van der Waals surface area contributed by atoms with Crippen LogP contribution >= 0.6 is 0 Å². The lowest BCUT2D eigenvalue weighted by Crippen LogP contribution is -2.40. The lowest BCUT2D eigenvalue weighted by molar-refractivity contribution is -0.126. The number of terminal acetylenes is 1. The predicted molar refractivity (Wildman–Crippen MR) is 86.5 cm³/mol. The zero-order chi connectivity index (χ0) is 14.9. The number of nitrogens with zero attached hydrogens (tertiary/aromatic N) is 1. The molecule has 2 rings (SSSR count). The number of carbonyl (C=O) groups is 1. The summed E-state index contributed by atoms with van der Waals surface area (Å²) >= 11 is 0. The van der Waals surface area contributed by atoms with E-state index >= 15 is 0 Å². The first-order valence-electron chi connectivity index (χ1n) is 7.44. The number of amides is 1. The van der Waals surface area contributed by atoms with Gasteiger partial charge in [0, 0.05) is 12.5 Å². The topological polar surface area (TPSA) is 32.3 Å². The van der Waals surface area contributed by atoms with Crippen molar-refractivity contribution in [2.45, 2.75) is 12.8 Å². The monoisotopic (exact) mass is 282 g/mol. The molecule has 1 saturated heterocycles. The van der Waals surface area contributed by atoms with E-state index < -0.39 is 0 Å². The molecule has 0 unspecified atom stereocenters. The molecular formula is C18H22N2O. The predicted octanol–water partition coefficient (Wildman–Crippen LogP) is 2.16. The van der Waals surface area contributed by atoms with E-state index in [1.807, 2.05) is 42.5 Å². The van der Waals surface area contributed by atoms with Gasteiger partial charge in [-0.2, -0.15) is 0 Å². The lowest BCUT2D eigenvalue weighted by atomic mass is 9.96. The second kappa shape index (κ2) is 8.28. The number of benzene rings is 1. The molecule has 21 heavy (non-hydrogen) atoms. The van der Waals surface area contributed by atoms with E-state index in [9.17, 15) is 4.79 Å². The zero-order valence-electron chi connectivity index (χ0n) is 12.3. The van der Waals surface area contributed by atoms with Crippen molar-refractivity contribution < 1.29 is 4.79 Å². The summed E-state index contributed by atoms with van der Waals surface area (Å²) in [6, 6.07) is 10.1. The molecule has 3 heteroatoms. The third kappa shape index (κ3) is 5.09. The van der Waals surface area contributed by atoms with E-state index in [2.05, 4.69) is 16.1 Å². The number of carbonyl (C=O) groups excluding carboxylic acids is 1. The highest BCUT2D eigenvalue weighted by atomic mass is 16.1. The van der Waals surface area contributed by atoms with Gasteiger partial charge in [-0.15, -0.1) is 6.42 Å². The summed E-state index contributed by atoms with van der Waals surface area (Å²) in [5.41, 5.74) is 1.15. The van der Waals surface area contributed by atoms with Crippen molar-refractivity contribution in [2.24, 2.45) is 5.92 Å². The molecule has 1 fully saturated rings. The Bertz CT molecular complexity index is 508. The maximum Gasteiger partial charge on any atom is 0.223 e. The van der Waals surface area contributed by atoms with Crippen molar-refractivity contribution in [1.82, 2.24) is 10.2 Å². The van der Waals surface area contributed by atoms with E-state index in [0.29, 0.717) is 13.1 Å². The van der Waals surface area contributed by atoms with Gasteiger partial charge in [0.05, 0.1) is 6.54 Å². The molecule has 0 aliphatic carbocycles. The Morgan fingerprint density at radius 1 is 1.33 bits per heavy atom. The van der Waals surface area contributed by atoms with Crippen LogP contribution in [-0.4, -0.2) is 37.0 Å². The second-order valence-electron chi connectivity index (χ2n) is 5.31. The molecule has 0 saturated carbocycles. The van der Waals surface area contributed by atoms with E-state index in [-0.39, 0.29) is 11.8 Å². The van der Waals surface area contributed by atoms with Crippen LogP contribution in [0.3, 0.4) is 0 Å². The largest absolute Gasteiger partial charge is 0.352 e. The minimum atomic E-state index is 0.129. The van der Waals surface area contributed by atoms with Crippen LogP contribution in [-0.2, 0) is 4.79 Å². The number of rotatable bonds is 5. The van der Waals surface area contributed by atoms with Gasteiger partial charge in [-0.3, -0.25) is 9.69 Å². The maximum atomic E-state index is 12.1. The molecule has 1 aromatic carbocycles. The third-order valence-corrected chi connectivity index (χ3v) is 3.78. The van der Waals surface area contributed by atoms with Crippen LogP contribution in [0.2, 0.25) is 0 Å². The third-order valence-electron chi connectivity index (χ3n) is 3.78. The minimum absolute atomic E-state index is 0.129. The first-order valence-corrected chi connectivity index (χ1v) is 7.44. The van der Waals surface area contributed by atoms with E-state index in [1.165, 1.54) is 0 Å². The normalized spacial score (nSPS) is 16.7. The Kier molecular flexibility index (Phi) is 6.05. The van der Waals surface area contributed by atoms with E-state index in [0.717, 1.165) is 31.5 Å². The van der Waals surface area contributed by atoms with Crippen LogP contribution in [0.15, 0.2) is 36.4 Å². The van der Waals surface area contributed by atoms with Crippen LogP contribution in [0.1, 0.15) is 18.4 Å². The first-order chi connectivity index (χ1) is 10.3. The Labute approximate surface area is 127 Å². The Morgan fingerprint density at radius 2 is 2.05 bits per heavy atom. The fourth-order valence-electron chi connectivity index (χ4n) is 2.55. The zero-order valence-corrected chi connectivity index (χ0v) is 12.3. The smallest absolute Gasteiger partial charge is 0.223 e. The Balaban J connectivity index is 1.69. The van der Waals surface area contributed by atoms with Gasteiger partial charge in [0.1, 0.15) is 0 Å². The minimum Gasteiger partial charge on any atom is -0.352 e. The number of hydrogen-bond acceptors (Lipinski definition) is 2. The fraction of sp³-hybridized carbons (Fsp3) is 0.389. The molecule has 3 nitrogen and oxygen atoms in total. The van der Waals surface area contributed by atoms with Gasteiger partial charge >= 0.3 is 0 Å². The van der Waals surface area contributed by atoms with Crippen molar-refractivity contribution in [2.75, 3.05) is 26.2 Å². The van der Waals surface area contributed by atoms with Gasteiger partial charge in [-0.25, -0.2) is 0 Å². The van der Waals surface area contributed by atoms with Crippen molar-refractivity contribution in [3.8, 4) is 12.3 Å². The van der Waals surface area contributed by atoms with E-state index in [1.54, 1.807) is 0 Å². The Morgan fingerprint density at radius 3 is 2.71 bits per heavy atom. The standard InChI is InChI=1S/C18H22N2O/c1-2-13-20-14-10-17(11-15-20)18(21)19-12-6-9-16-7-4-3-5-8-16/h1,3-9,17H,10-15H2,(H,19,21)/b9-6+. The van der Waals surface area contributed by atoms with Gasteiger partial charge < -0.3 is 5.32 Å². The second-order valence-corrected chi connectivity index (χ2v) is 5.31. The molecule has 0 aromatic heterocycles. The van der Waals surface area contributed by atoms with Gasteiger partial charge in [-0.1, -0.05) is 48.4 Å². The summed E-state index contributed by atoms with van der Waals surface area (Å²) in [6.45, 7) is 3.11. The van der Waals surface area contributed by atoms with Gasteiger partial charge in [-0.05, 0) is 31.5 Å². The van der Waals surface area contributed by atoms with Crippen molar-refractivity contribution in [1.29, 1.82) is 0 Å². The molecule has 0 bridgehead atoms. The summed E-state index contributed by atoms with van der Waals surface area (Å²) in [5.74, 6) is 2.94. The van der Waals surface area contributed by atoms with Gasteiger partial charge in [0.15, 0.2) is 0 Å². The summed E-state index contributed by atoms with van der Waals surface area (Å²) in [5, 5.41) is 2.98. The quantitative estimate of drug-likeness (QED) is 0.839. The molecule has 110 valence electrons. The summed E-state index contributed by atoms with van der Waals surface area (Å²) < 4.78 is 0. The number of likely N-dealkylation sites (tertiary alicyclic amines) is 1. The summed E-state index contributed by atoms with van der Waals surface area (Å²) in [7, 11) is 0. The summed E-state index contributed by atoms with van der Waals surface area (Å²) in [4.78, 5) is 14.3. The molecule has 0 atom stereocenters. The molecule has 1 amide bonds. The highest BCUT2D eigenvalue weighted by Crippen LogP contribution is 2.16. The van der Waals surface area contributed by atoms with Crippen LogP contribution in [0, 0.1) is 18.3 Å². The van der Waals surface area contributed by atoms with Gasteiger partial charge in [0.25, 0.3) is 0 Å². The molecule has 1 aromatic rings. The average molecular weight is 282 g/mol. The molecule has 1 aliphatic heterocycles.